The summed E-state index contributed by atoms with van der Waals surface area (Å²) in [6, 6.07) is 23.4. The monoisotopic (exact) mass is 500 g/mol. The molecule has 0 radical (unpaired) electrons. The summed E-state index contributed by atoms with van der Waals surface area (Å²) in [5, 5.41) is 14.9. The first-order valence-electron chi connectivity index (χ1n) is 11.2. The molecule has 11 nitrogen and oxygen atoms in total. The van der Waals surface area contributed by atoms with Gasteiger partial charge in [0.25, 0.3) is 0 Å². The number of amides is 1. The Balaban J connectivity index is 1.62. The number of hydrazine groups is 1. The average molecular weight is 501 g/mol. The molecule has 0 aliphatic carbocycles. The number of methoxy groups -OCH3 is 2. The largest absolute Gasteiger partial charge is 0.497 e. The van der Waals surface area contributed by atoms with Gasteiger partial charge in [0.2, 0.25) is 17.5 Å². The zero-order chi connectivity index (χ0) is 26.2. The molecule has 37 heavy (non-hydrogen) atoms. The smallest absolute Gasteiger partial charge is 0.355 e. The van der Waals surface area contributed by atoms with Crippen molar-refractivity contribution in [1.82, 2.24) is 15.4 Å². The molecule has 0 atom stereocenters. The van der Waals surface area contributed by atoms with Crippen molar-refractivity contribution >= 4 is 28.9 Å². The van der Waals surface area contributed by atoms with Crippen molar-refractivity contribution < 1.29 is 19.2 Å². The quantitative estimate of drug-likeness (QED) is 0.213. The van der Waals surface area contributed by atoms with Crippen molar-refractivity contribution in [2.24, 2.45) is 0 Å². The van der Waals surface area contributed by atoms with Crippen LogP contribution in [0.3, 0.4) is 0 Å². The highest BCUT2D eigenvalue weighted by molar-refractivity contribution is 5.88. The lowest BCUT2D eigenvalue weighted by Gasteiger charge is -2.18. The molecule has 0 aliphatic rings. The Labute approximate surface area is 212 Å². The van der Waals surface area contributed by atoms with Crippen LogP contribution in [0.1, 0.15) is 17.0 Å². The second kappa shape index (κ2) is 11.5. The van der Waals surface area contributed by atoms with E-state index >= 15 is 0 Å². The van der Waals surface area contributed by atoms with Crippen LogP contribution in [0.15, 0.2) is 85.2 Å². The van der Waals surface area contributed by atoms with Gasteiger partial charge in [0.15, 0.2) is 0 Å². The number of hydrogen-bond donors (Lipinski definition) is 3. The van der Waals surface area contributed by atoms with E-state index in [4.69, 9.17) is 9.47 Å². The fraction of sp³-hybridized carbons (Fsp3) is 0.115. The van der Waals surface area contributed by atoms with Crippen LogP contribution in [-0.4, -0.2) is 35.0 Å². The van der Waals surface area contributed by atoms with Crippen molar-refractivity contribution in [3.63, 3.8) is 0 Å². The Morgan fingerprint density at radius 3 is 2.08 bits per heavy atom. The van der Waals surface area contributed by atoms with E-state index in [-0.39, 0.29) is 11.6 Å². The van der Waals surface area contributed by atoms with E-state index in [1.54, 1.807) is 18.2 Å². The van der Waals surface area contributed by atoms with Gasteiger partial charge in [0, 0.05) is 6.07 Å². The Morgan fingerprint density at radius 1 is 0.892 bits per heavy atom. The highest BCUT2D eigenvalue weighted by Crippen LogP contribution is 2.36. The average Bonchev–Trinajstić information content (AvgIpc) is 2.93. The van der Waals surface area contributed by atoms with Crippen LogP contribution in [0, 0.1) is 10.1 Å². The summed E-state index contributed by atoms with van der Waals surface area (Å²) in [7, 11) is 2.97. The topological polar surface area (TPSA) is 141 Å². The number of benzene rings is 3. The summed E-state index contributed by atoms with van der Waals surface area (Å²) >= 11 is 0. The third-order valence-electron chi connectivity index (χ3n) is 5.50. The van der Waals surface area contributed by atoms with Crippen LogP contribution < -0.4 is 25.6 Å². The van der Waals surface area contributed by atoms with E-state index in [1.165, 1.54) is 14.2 Å². The van der Waals surface area contributed by atoms with Gasteiger partial charge in [0.1, 0.15) is 17.8 Å². The van der Waals surface area contributed by atoms with Crippen LogP contribution in [0.2, 0.25) is 0 Å². The van der Waals surface area contributed by atoms with E-state index in [1.807, 2.05) is 60.7 Å². The molecule has 0 spiro atoms. The number of aromatic nitrogens is 2. The summed E-state index contributed by atoms with van der Waals surface area (Å²) < 4.78 is 10.6. The molecule has 0 saturated heterocycles. The van der Waals surface area contributed by atoms with E-state index in [9.17, 15) is 14.9 Å². The van der Waals surface area contributed by atoms with Gasteiger partial charge >= 0.3 is 5.69 Å². The maximum atomic E-state index is 13.3. The third kappa shape index (κ3) is 5.73. The zero-order valence-corrected chi connectivity index (χ0v) is 20.0. The minimum atomic E-state index is -0.658. The lowest BCUT2D eigenvalue weighted by molar-refractivity contribution is -0.383. The number of carbonyl (C=O) groups is 1. The van der Waals surface area contributed by atoms with Gasteiger partial charge in [-0.3, -0.25) is 25.8 Å². The molecule has 0 aliphatic heterocycles. The SMILES string of the molecule is COc1ccc(OC)c(Nc2ncnc(NNC(=O)C(c3ccccc3)c3ccccc3)c2[N+](=O)[O-])c1. The first-order chi connectivity index (χ1) is 18.0. The first-order valence-corrected chi connectivity index (χ1v) is 11.2. The molecule has 0 fully saturated rings. The lowest BCUT2D eigenvalue weighted by atomic mass is 9.91. The predicted octanol–water partition coefficient (Wildman–Crippen LogP) is 4.42. The molecule has 4 aromatic rings. The van der Waals surface area contributed by atoms with Gasteiger partial charge < -0.3 is 14.8 Å². The Kier molecular flexibility index (Phi) is 7.74. The molecule has 0 saturated carbocycles. The molecule has 0 bridgehead atoms. The van der Waals surface area contributed by atoms with Gasteiger partial charge in [-0.15, -0.1) is 0 Å². The second-order valence-electron chi connectivity index (χ2n) is 7.74. The van der Waals surface area contributed by atoms with Crippen molar-refractivity contribution in [3.05, 3.63) is 106 Å². The minimum absolute atomic E-state index is 0.106. The molecular weight excluding hydrogens is 476 g/mol. The van der Waals surface area contributed by atoms with Gasteiger partial charge in [-0.1, -0.05) is 60.7 Å². The maximum Gasteiger partial charge on any atom is 0.355 e. The molecule has 1 amide bonds. The Morgan fingerprint density at radius 2 is 1.51 bits per heavy atom. The second-order valence-corrected chi connectivity index (χ2v) is 7.74. The first kappa shape index (κ1) is 24.9. The molecule has 1 heterocycles. The standard InChI is InChI=1S/C26H24N6O5/c1-36-19-13-14-21(37-2)20(15-19)29-24-23(32(34)35)25(28-16-27-24)30-31-26(33)22(17-9-5-3-6-10-17)18-11-7-4-8-12-18/h3-16,22H,1-2H3,(H,31,33)(H2,27,28,29,30). The van der Waals surface area contributed by atoms with Gasteiger partial charge in [-0.05, 0) is 23.3 Å². The number of nitrogens with one attached hydrogen (secondary N) is 3. The van der Waals surface area contributed by atoms with Crippen molar-refractivity contribution in [2.75, 3.05) is 25.0 Å². The van der Waals surface area contributed by atoms with Crippen LogP contribution in [0.5, 0.6) is 11.5 Å². The summed E-state index contributed by atoms with van der Waals surface area (Å²) in [6.45, 7) is 0. The van der Waals surface area contributed by atoms with Crippen LogP contribution in [-0.2, 0) is 4.79 Å². The molecule has 3 aromatic carbocycles. The fourth-order valence-electron chi connectivity index (χ4n) is 3.75. The van der Waals surface area contributed by atoms with Crippen molar-refractivity contribution in [3.8, 4) is 11.5 Å². The van der Waals surface area contributed by atoms with Crippen LogP contribution >= 0.6 is 0 Å². The summed E-state index contributed by atoms with van der Waals surface area (Å²) in [6.07, 6.45) is 1.14. The van der Waals surface area contributed by atoms with E-state index < -0.39 is 22.4 Å². The summed E-state index contributed by atoms with van der Waals surface area (Å²) in [4.78, 5) is 32.7. The number of anilines is 3. The van der Waals surface area contributed by atoms with Crippen LogP contribution in [0.25, 0.3) is 0 Å². The number of carbonyl (C=O) groups excluding carboxylic acids is 1. The molecule has 188 valence electrons. The van der Waals surface area contributed by atoms with E-state index in [0.29, 0.717) is 17.2 Å². The van der Waals surface area contributed by atoms with E-state index in [0.717, 1.165) is 17.5 Å². The highest BCUT2D eigenvalue weighted by Gasteiger charge is 2.27. The Hall–Kier alpha value is -5.19. The molecule has 3 N–H and O–H groups in total. The molecule has 11 heteroatoms. The zero-order valence-electron chi connectivity index (χ0n) is 20.0. The number of hydrogen-bond acceptors (Lipinski definition) is 9. The predicted molar refractivity (Wildman–Crippen MR) is 138 cm³/mol. The summed E-state index contributed by atoms with van der Waals surface area (Å²) in [5.41, 5.74) is 6.62. The number of rotatable bonds is 10. The van der Waals surface area contributed by atoms with Gasteiger partial charge in [-0.2, -0.15) is 0 Å². The van der Waals surface area contributed by atoms with Gasteiger partial charge in [0.05, 0.1) is 30.7 Å². The molecular formula is C26H24N6O5. The summed E-state index contributed by atoms with van der Waals surface area (Å²) in [5.74, 6) is -0.448. The Bertz CT molecular complexity index is 1350. The number of nitrogens with zero attached hydrogens (tertiary/aromatic N) is 3. The normalized spacial score (nSPS) is 10.5. The molecule has 1 aromatic heterocycles. The highest BCUT2D eigenvalue weighted by atomic mass is 16.6. The maximum absolute atomic E-state index is 13.3. The molecule has 0 unspecified atom stereocenters. The lowest BCUT2D eigenvalue weighted by Crippen LogP contribution is -2.35. The number of nitro groups is 1. The van der Waals surface area contributed by atoms with E-state index in [2.05, 4.69) is 26.1 Å². The van der Waals surface area contributed by atoms with Crippen molar-refractivity contribution in [2.45, 2.75) is 5.92 Å². The minimum Gasteiger partial charge on any atom is -0.497 e. The third-order valence-corrected chi connectivity index (χ3v) is 5.50. The number of ether oxygens (including phenoxy) is 2. The van der Waals surface area contributed by atoms with Gasteiger partial charge in [-0.25, -0.2) is 9.97 Å². The van der Waals surface area contributed by atoms with Crippen molar-refractivity contribution in [1.29, 1.82) is 0 Å². The fourth-order valence-corrected chi connectivity index (χ4v) is 3.75. The molecule has 4 rings (SSSR count). The van der Waals surface area contributed by atoms with Crippen LogP contribution in [0.4, 0.5) is 23.0 Å².